The fourth-order valence-corrected chi connectivity index (χ4v) is 2.28. The predicted molar refractivity (Wildman–Crippen MR) is 86.4 cm³/mol. The highest BCUT2D eigenvalue weighted by Crippen LogP contribution is 2.13. The first-order valence-electron chi connectivity index (χ1n) is 7.33. The molecular weight excluding hydrogens is 260 g/mol. The van der Waals surface area contributed by atoms with E-state index in [0.29, 0.717) is 24.6 Å². The van der Waals surface area contributed by atoms with E-state index in [0.717, 1.165) is 12.0 Å². The van der Waals surface area contributed by atoms with E-state index in [1.807, 2.05) is 42.5 Å². The Balaban J connectivity index is 1.94. The van der Waals surface area contributed by atoms with Gasteiger partial charge in [0.05, 0.1) is 0 Å². The van der Waals surface area contributed by atoms with Crippen molar-refractivity contribution in [3.8, 4) is 0 Å². The molecule has 1 atom stereocenters. The maximum absolute atomic E-state index is 12.2. The second-order valence-electron chi connectivity index (χ2n) is 5.26. The maximum atomic E-state index is 12.2. The zero-order valence-electron chi connectivity index (χ0n) is 12.4. The highest BCUT2D eigenvalue weighted by atomic mass is 16.1. The standard InChI is InChI=1S/C18H22N2O/c1-14(16-7-3-2-4-8-16)13-20-18(21)17-9-5-6-15(12-17)10-11-19/h2-9,12,14H,10-11,13,19H2,1H3,(H,20,21). The van der Waals surface area contributed by atoms with Gasteiger partial charge in [-0.25, -0.2) is 0 Å². The second-order valence-corrected chi connectivity index (χ2v) is 5.26. The summed E-state index contributed by atoms with van der Waals surface area (Å²) in [6.07, 6.45) is 0.793. The largest absolute Gasteiger partial charge is 0.351 e. The van der Waals surface area contributed by atoms with Crippen LogP contribution in [0.4, 0.5) is 0 Å². The molecule has 3 heteroatoms. The third-order valence-electron chi connectivity index (χ3n) is 3.56. The molecule has 0 bridgehead atoms. The Kier molecular flexibility index (Phi) is 5.52. The summed E-state index contributed by atoms with van der Waals surface area (Å²) in [5, 5.41) is 3.00. The van der Waals surface area contributed by atoms with Crippen LogP contribution in [0, 0.1) is 0 Å². The molecule has 1 unspecified atom stereocenters. The summed E-state index contributed by atoms with van der Waals surface area (Å²) < 4.78 is 0. The van der Waals surface area contributed by atoms with Gasteiger partial charge < -0.3 is 11.1 Å². The summed E-state index contributed by atoms with van der Waals surface area (Å²) in [7, 11) is 0. The van der Waals surface area contributed by atoms with Crippen LogP contribution < -0.4 is 11.1 Å². The van der Waals surface area contributed by atoms with E-state index in [1.165, 1.54) is 5.56 Å². The van der Waals surface area contributed by atoms with Crippen molar-refractivity contribution in [1.29, 1.82) is 0 Å². The van der Waals surface area contributed by atoms with Crippen LogP contribution in [0.15, 0.2) is 54.6 Å². The van der Waals surface area contributed by atoms with Crippen LogP contribution in [0.1, 0.15) is 34.3 Å². The van der Waals surface area contributed by atoms with E-state index in [-0.39, 0.29) is 5.91 Å². The van der Waals surface area contributed by atoms with Crippen LogP contribution in [-0.4, -0.2) is 19.0 Å². The first-order chi connectivity index (χ1) is 10.2. The highest BCUT2D eigenvalue weighted by molar-refractivity contribution is 5.94. The summed E-state index contributed by atoms with van der Waals surface area (Å²) in [6.45, 7) is 3.33. The highest BCUT2D eigenvalue weighted by Gasteiger charge is 2.09. The first kappa shape index (κ1) is 15.3. The van der Waals surface area contributed by atoms with Crippen molar-refractivity contribution in [1.82, 2.24) is 5.32 Å². The SMILES string of the molecule is CC(CNC(=O)c1cccc(CCN)c1)c1ccccc1. The summed E-state index contributed by atoms with van der Waals surface area (Å²) in [6, 6.07) is 17.8. The number of hydrogen-bond donors (Lipinski definition) is 2. The monoisotopic (exact) mass is 282 g/mol. The van der Waals surface area contributed by atoms with E-state index in [1.54, 1.807) is 0 Å². The Labute approximate surface area is 126 Å². The number of hydrogen-bond acceptors (Lipinski definition) is 2. The van der Waals surface area contributed by atoms with Gasteiger partial charge in [-0.1, -0.05) is 49.4 Å². The van der Waals surface area contributed by atoms with Gasteiger partial charge in [0.25, 0.3) is 5.91 Å². The van der Waals surface area contributed by atoms with Crippen molar-refractivity contribution in [2.45, 2.75) is 19.3 Å². The number of nitrogens with two attached hydrogens (primary N) is 1. The molecule has 3 N–H and O–H groups in total. The lowest BCUT2D eigenvalue weighted by atomic mass is 10.0. The van der Waals surface area contributed by atoms with Crippen LogP contribution >= 0.6 is 0 Å². The minimum Gasteiger partial charge on any atom is -0.351 e. The van der Waals surface area contributed by atoms with Crippen molar-refractivity contribution in [2.75, 3.05) is 13.1 Å². The van der Waals surface area contributed by atoms with Gasteiger partial charge in [-0.3, -0.25) is 4.79 Å². The van der Waals surface area contributed by atoms with Crippen molar-refractivity contribution in [3.05, 3.63) is 71.3 Å². The van der Waals surface area contributed by atoms with E-state index in [9.17, 15) is 4.79 Å². The topological polar surface area (TPSA) is 55.1 Å². The number of benzene rings is 2. The van der Waals surface area contributed by atoms with Gasteiger partial charge in [-0.05, 0) is 42.1 Å². The van der Waals surface area contributed by atoms with Gasteiger partial charge in [0, 0.05) is 12.1 Å². The number of amides is 1. The Hall–Kier alpha value is -2.13. The van der Waals surface area contributed by atoms with Crippen LogP contribution in [-0.2, 0) is 6.42 Å². The van der Waals surface area contributed by atoms with E-state index in [2.05, 4.69) is 24.4 Å². The first-order valence-corrected chi connectivity index (χ1v) is 7.33. The van der Waals surface area contributed by atoms with Gasteiger partial charge in [-0.15, -0.1) is 0 Å². The summed E-state index contributed by atoms with van der Waals surface area (Å²) in [5.41, 5.74) is 8.57. The minimum absolute atomic E-state index is 0.0309. The number of nitrogens with one attached hydrogen (secondary N) is 1. The molecule has 2 aromatic carbocycles. The van der Waals surface area contributed by atoms with Crippen molar-refractivity contribution < 1.29 is 4.79 Å². The normalized spacial score (nSPS) is 11.9. The molecule has 2 aromatic rings. The zero-order valence-corrected chi connectivity index (χ0v) is 12.4. The van der Waals surface area contributed by atoms with E-state index in [4.69, 9.17) is 5.73 Å². The van der Waals surface area contributed by atoms with Crippen molar-refractivity contribution in [3.63, 3.8) is 0 Å². The van der Waals surface area contributed by atoms with E-state index < -0.39 is 0 Å². The van der Waals surface area contributed by atoms with Crippen LogP contribution in [0.5, 0.6) is 0 Å². The summed E-state index contributed by atoms with van der Waals surface area (Å²) in [4.78, 5) is 12.2. The van der Waals surface area contributed by atoms with Gasteiger partial charge in [0.15, 0.2) is 0 Å². The average Bonchev–Trinajstić information content (AvgIpc) is 2.53. The molecule has 2 rings (SSSR count). The van der Waals surface area contributed by atoms with Gasteiger partial charge in [0.2, 0.25) is 0 Å². The predicted octanol–water partition coefficient (Wildman–Crippen LogP) is 2.72. The molecule has 1 amide bonds. The molecule has 21 heavy (non-hydrogen) atoms. The molecule has 0 fully saturated rings. The third-order valence-corrected chi connectivity index (χ3v) is 3.56. The summed E-state index contributed by atoms with van der Waals surface area (Å²) >= 11 is 0. The molecular formula is C18H22N2O. The lowest BCUT2D eigenvalue weighted by Gasteiger charge is -2.13. The Morgan fingerprint density at radius 1 is 1.14 bits per heavy atom. The van der Waals surface area contributed by atoms with E-state index >= 15 is 0 Å². The second kappa shape index (κ2) is 7.60. The van der Waals surface area contributed by atoms with Crippen LogP contribution in [0.3, 0.4) is 0 Å². The van der Waals surface area contributed by atoms with Crippen LogP contribution in [0.2, 0.25) is 0 Å². The molecule has 0 aromatic heterocycles. The molecule has 0 saturated carbocycles. The van der Waals surface area contributed by atoms with Gasteiger partial charge in [-0.2, -0.15) is 0 Å². The Morgan fingerprint density at radius 2 is 1.90 bits per heavy atom. The fourth-order valence-electron chi connectivity index (χ4n) is 2.28. The number of carbonyl (C=O) groups is 1. The van der Waals surface area contributed by atoms with Gasteiger partial charge in [0.1, 0.15) is 0 Å². The number of rotatable bonds is 6. The van der Waals surface area contributed by atoms with Crippen molar-refractivity contribution in [2.24, 2.45) is 5.73 Å². The molecule has 0 aliphatic carbocycles. The maximum Gasteiger partial charge on any atom is 0.251 e. The number of carbonyl (C=O) groups excluding carboxylic acids is 1. The molecule has 0 aliphatic heterocycles. The third kappa shape index (κ3) is 4.43. The smallest absolute Gasteiger partial charge is 0.251 e. The fraction of sp³-hybridized carbons (Fsp3) is 0.278. The molecule has 0 spiro atoms. The molecule has 3 nitrogen and oxygen atoms in total. The lowest BCUT2D eigenvalue weighted by Crippen LogP contribution is -2.27. The summed E-state index contributed by atoms with van der Waals surface area (Å²) in [5.74, 6) is 0.263. The molecule has 0 aliphatic rings. The molecule has 0 heterocycles. The van der Waals surface area contributed by atoms with Crippen LogP contribution in [0.25, 0.3) is 0 Å². The Morgan fingerprint density at radius 3 is 2.62 bits per heavy atom. The van der Waals surface area contributed by atoms with Gasteiger partial charge >= 0.3 is 0 Å². The lowest BCUT2D eigenvalue weighted by molar-refractivity contribution is 0.0951. The molecule has 0 saturated heterocycles. The average molecular weight is 282 g/mol. The Bertz CT molecular complexity index is 581. The minimum atomic E-state index is -0.0309. The van der Waals surface area contributed by atoms with Crippen molar-refractivity contribution >= 4 is 5.91 Å². The zero-order chi connectivity index (χ0) is 15.1. The molecule has 110 valence electrons. The quantitative estimate of drug-likeness (QED) is 0.856. The molecule has 0 radical (unpaired) electrons.